The van der Waals surface area contributed by atoms with Crippen LogP contribution in [-0.2, 0) is 0 Å². The number of hydrogen-bond donors (Lipinski definition) is 0. The highest BCUT2D eigenvalue weighted by Gasteiger charge is 2.27. The number of halogens is 2. The van der Waals surface area contributed by atoms with E-state index in [4.69, 9.17) is 0 Å². The van der Waals surface area contributed by atoms with Crippen LogP contribution in [0.25, 0.3) is 0 Å². The predicted octanol–water partition coefficient (Wildman–Crippen LogP) is 2.63. The Bertz CT molecular complexity index is 857. The van der Waals surface area contributed by atoms with Gasteiger partial charge in [0.25, 0.3) is 5.91 Å². The van der Waals surface area contributed by atoms with Crippen LogP contribution >= 0.6 is 0 Å². The zero-order chi connectivity index (χ0) is 19.7. The van der Waals surface area contributed by atoms with E-state index in [-0.39, 0.29) is 0 Å². The van der Waals surface area contributed by atoms with Crippen LogP contribution in [0, 0.1) is 18.6 Å². The molecule has 1 aromatic carbocycles. The fraction of sp³-hybridized carbons (Fsp3) is 0.450. The molecule has 3 heterocycles. The molecule has 0 aliphatic carbocycles. The van der Waals surface area contributed by atoms with Gasteiger partial charge in [-0.1, -0.05) is 6.07 Å². The first-order chi connectivity index (χ1) is 13.5. The van der Waals surface area contributed by atoms with Crippen LogP contribution in [-0.4, -0.2) is 60.0 Å². The topological polar surface area (TPSA) is 52.6 Å². The minimum Gasteiger partial charge on any atom is -0.356 e. The van der Waals surface area contributed by atoms with E-state index in [1.807, 2.05) is 13.0 Å². The van der Waals surface area contributed by atoms with Gasteiger partial charge >= 0.3 is 0 Å². The molecule has 2 fully saturated rings. The zero-order valence-corrected chi connectivity index (χ0v) is 15.9. The van der Waals surface area contributed by atoms with E-state index in [0.29, 0.717) is 32.0 Å². The summed E-state index contributed by atoms with van der Waals surface area (Å²) in [6, 6.07) is 5.47. The van der Waals surface area contributed by atoms with Crippen molar-refractivity contribution in [2.45, 2.75) is 19.8 Å². The first-order valence-electron chi connectivity index (χ1n) is 9.62. The summed E-state index contributed by atoms with van der Waals surface area (Å²) in [6.45, 7) is 5.77. The summed E-state index contributed by atoms with van der Waals surface area (Å²) < 4.78 is 27.8. The van der Waals surface area contributed by atoms with Gasteiger partial charge in [-0.2, -0.15) is 0 Å². The van der Waals surface area contributed by atoms with Crippen molar-refractivity contribution in [3.8, 4) is 0 Å². The molecule has 28 heavy (non-hydrogen) atoms. The number of hydrogen-bond acceptors (Lipinski definition) is 5. The average Bonchev–Trinajstić information content (AvgIpc) is 3.22. The van der Waals surface area contributed by atoms with Gasteiger partial charge in [-0.3, -0.25) is 4.79 Å². The highest BCUT2D eigenvalue weighted by Crippen LogP contribution is 2.24. The van der Waals surface area contributed by atoms with Crippen LogP contribution < -0.4 is 9.80 Å². The van der Waals surface area contributed by atoms with Crippen molar-refractivity contribution in [1.29, 1.82) is 0 Å². The third-order valence-electron chi connectivity index (χ3n) is 5.31. The van der Waals surface area contributed by atoms with Gasteiger partial charge in [0.05, 0.1) is 0 Å². The molecule has 0 radical (unpaired) electrons. The van der Waals surface area contributed by atoms with Crippen LogP contribution in [0.1, 0.15) is 29.0 Å². The minimum absolute atomic E-state index is 0.384. The normalized spacial score (nSPS) is 17.3. The van der Waals surface area contributed by atoms with E-state index in [2.05, 4.69) is 19.8 Å². The van der Waals surface area contributed by atoms with Crippen molar-refractivity contribution < 1.29 is 13.6 Å². The lowest BCUT2D eigenvalue weighted by atomic mass is 10.1. The molecule has 0 N–H and O–H groups in total. The molecule has 0 saturated carbocycles. The summed E-state index contributed by atoms with van der Waals surface area (Å²) in [5.41, 5.74) is -0.481. The maximum absolute atomic E-state index is 13.9. The molecule has 2 saturated heterocycles. The van der Waals surface area contributed by atoms with Crippen molar-refractivity contribution in [2.75, 3.05) is 49.1 Å². The van der Waals surface area contributed by atoms with Gasteiger partial charge in [-0.05, 0) is 31.9 Å². The van der Waals surface area contributed by atoms with Crippen molar-refractivity contribution in [3.05, 3.63) is 47.3 Å². The maximum Gasteiger partial charge on any atom is 0.259 e. The molecule has 1 aromatic heterocycles. The van der Waals surface area contributed by atoms with E-state index in [0.717, 1.165) is 36.9 Å². The van der Waals surface area contributed by atoms with Crippen LogP contribution in [0.3, 0.4) is 0 Å². The molecule has 0 unspecified atom stereocenters. The summed E-state index contributed by atoms with van der Waals surface area (Å²) in [4.78, 5) is 27.5. The van der Waals surface area contributed by atoms with Gasteiger partial charge in [-0.15, -0.1) is 0 Å². The Kier molecular flexibility index (Phi) is 5.11. The molecule has 0 atom stereocenters. The quantitative estimate of drug-likeness (QED) is 0.811. The van der Waals surface area contributed by atoms with Crippen LogP contribution in [0.2, 0.25) is 0 Å². The van der Waals surface area contributed by atoms with Gasteiger partial charge in [-0.25, -0.2) is 18.7 Å². The molecule has 2 aliphatic heterocycles. The summed E-state index contributed by atoms with van der Waals surface area (Å²) in [6.07, 6.45) is 2.34. The van der Waals surface area contributed by atoms with Gasteiger partial charge < -0.3 is 14.7 Å². The monoisotopic (exact) mass is 387 g/mol. The number of amides is 1. The van der Waals surface area contributed by atoms with Gasteiger partial charge in [0, 0.05) is 45.3 Å². The lowest BCUT2D eigenvalue weighted by molar-refractivity contribution is 0.0736. The van der Waals surface area contributed by atoms with Gasteiger partial charge in [0.2, 0.25) is 0 Å². The molecule has 1 amide bonds. The Morgan fingerprint density at radius 1 is 0.893 bits per heavy atom. The molecule has 6 nitrogen and oxygen atoms in total. The molecular formula is C20H23F2N5O. The lowest BCUT2D eigenvalue weighted by Crippen LogP contribution is -2.49. The van der Waals surface area contributed by atoms with Crippen molar-refractivity contribution >= 4 is 17.5 Å². The summed E-state index contributed by atoms with van der Waals surface area (Å²) in [5.74, 6) is 0.229. The molecule has 8 heteroatoms. The SMILES string of the molecule is Cc1nc(N2CCCC2)cc(N2CCN(C(=O)c3c(F)cccc3F)CC2)n1. The van der Waals surface area contributed by atoms with Gasteiger partial charge in [0.1, 0.15) is 34.7 Å². The Labute approximate surface area is 162 Å². The zero-order valence-electron chi connectivity index (χ0n) is 15.9. The lowest BCUT2D eigenvalue weighted by Gasteiger charge is -2.36. The summed E-state index contributed by atoms with van der Waals surface area (Å²) in [7, 11) is 0. The number of carbonyl (C=O) groups is 1. The van der Waals surface area contributed by atoms with Crippen molar-refractivity contribution in [3.63, 3.8) is 0 Å². The largest absolute Gasteiger partial charge is 0.356 e. The molecule has 0 spiro atoms. The second-order valence-electron chi connectivity index (χ2n) is 7.20. The van der Waals surface area contributed by atoms with Crippen LogP contribution in [0.5, 0.6) is 0 Å². The number of anilines is 2. The second kappa shape index (κ2) is 7.69. The molecular weight excluding hydrogens is 364 g/mol. The summed E-state index contributed by atoms with van der Waals surface area (Å²) >= 11 is 0. The number of benzene rings is 1. The number of aromatic nitrogens is 2. The number of piperazine rings is 1. The number of rotatable bonds is 3. The fourth-order valence-corrected chi connectivity index (χ4v) is 3.81. The minimum atomic E-state index is -0.825. The van der Waals surface area contributed by atoms with Crippen molar-refractivity contribution in [2.24, 2.45) is 0 Å². The van der Waals surface area contributed by atoms with Gasteiger partial charge in [0.15, 0.2) is 0 Å². The van der Waals surface area contributed by atoms with E-state index in [1.165, 1.54) is 23.8 Å². The predicted molar refractivity (Wildman–Crippen MR) is 103 cm³/mol. The Morgan fingerprint density at radius 2 is 1.43 bits per heavy atom. The Hall–Kier alpha value is -2.77. The molecule has 4 rings (SSSR count). The molecule has 0 bridgehead atoms. The number of nitrogens with zero attached hydrogens (tertiary/aromatic N) is 5. The van der Waals surface area contributed by atoms with E-state index in [9.17, 15) is 13.6 Å². The van der Waals surface area contributed by atoms with Crippen LogP contribution in [0.4, 0.5) is 20.4 Å². The molecule has 148 valence electrons. The highest BCUT2D eigenvalue weighted by atomic mass is 19.1. The summed E-state index contributed by atoms with van der Waals surface area (Å²) in [5, 5.41) is 0. The third-order valence-corrected chi connectivity index (χ3v) is 5.31. The molecule has 2 aliphatic rings. The standard InChI is InChI=1S/C20H23F2N5O/c1-14-23-17(25-7-2-3-8-25)13-18(24-14)26-9-11-27(12-10-26)20(28)19-15(21)5-4-6-16(19)22/h4-6,13H,2-3,7-12H2,1H3. The fourth-order valence-electron chi connectivity index (χ4n) is 3.81. The highest BCUT2D eigenvalue weighted by molar-refractivity contribution is 5.95. The second-order valence-corrected chi connectivity index (χ2v) is 7.20. The smallest absolute Gasteiger partial charge is 0.259 e. The van der Waals surface area contributed by atoms with E-state index < -0.39 is 23.1 Å². The van der Waals surface area contributed by atoms with E-state index in [1.54, 1.807) is 0 Å². The molecule has 2 aromatic rings. The maximum atomic E-state index is 13.9. The number of carbonyl (C=O) groups excluding carboxylic acids is 1. The van der Waals surface area contributed by atoms with Crippen LogP contribution in [0.15, 0.2) is 24.3 Å². The Balaban J connectivity index is 1.46. The number of aryl methyl sites for hydroxylation is 1. The third kappa shape index (κ3) is 3.63. The first-order valence-corrected chi connectivity index (χ1v) is 9.62. The van der Waals surface area contributed by atoms with Crippen molar-refractivity contribution in [1.82, 2.24) is 14.9 Å². The Morgan fingerprint density at radius 3 is 2.00 bits per heavy atom. The average molecular weight is 387 g/mol. The van der Waals surface area contributed by atoms with E-state index >= 15 is 0 Å². The first kappa shape index (κ1) is 18.6.